The van der Waals surface area contributed by atoms with Gasteiger partial charge in [-0.1, -0.05) is 27.7 Å². The lowest BCUT2D eigenvalue weighted by Crippen LogP contribution is -2.47. The lowest BCUT2D eigenvalue weighted by Gasteiger charge is -2.22. The number of hydrogen-bond donors (Lipinski definition) is 6. The highest BCUT2D eigenvalue weighted by Gasteiger charge is 2.32. The van der Waals surface area contributed by atoms with Crippen molar-refractivity contribution in [2.75, 3.05) is 61.3 Å². The van der Waals surface area contributed by atoms with Crippen molar-refractivity contribution in [2.45, 2.75) is 78.4 Å². The van der Waals surface area contributed by atoms with E-state index in [9.17, 15) is 42.8 Å². The number of ether oxygens (including phenoxy) is 2. The van der Waals surface area contributed by atoms with E-state index in [1.165, 1.54) is 7.11 Å². The molecule has 0 aliphatic carbocycles. The van der Waals surface area contributed by atoms with E-state index >= 15 is 0 Å². The maximum Gasteiger partial charge on any atom is 0.472 e. The predicted molar refractivity (Wildman–Crippen MR) is 169 cm³/mol. The van der Waals surface area contributed by atoms with E-state index < -0.39 is 66.9 Å². The second-order valence-corrected chi connectivity index (χ2v) is 12.9. The Kier molecular flexibility index (Phi) is 31.0. The van der Waals surface area contributed by atoms with Crippen LogP contribution in [0.1, 0.15) is 66.2 Å². The van der Waals surface area contributed by atoms with Gasteiger partial charge in [0.2, 0.25) is 5.91 Å². The van der Waals surface area contributed by atoms with Gasteiger partial charge in [-0.15, -0.1) is 0 Å². The first-order chi connectivity index (χ1) is 22.1. The number of methoxy groups -OCH3 is 2. The van der Waals surface area contributed by atoms with E-state index in [1.54, 1.807) is 0 Å². The molecule has 3 amide bonds. The second-order valence-electron chi connectivity index (χ2n) is 8.38. The number of amides is 3. The average Bonchev–Trinajstić information content (AvgIpc) is 3.06. The molecule has 0 aliphatic heterocycles. The van der Waals surface area contributed by atoms with Crippen LogP contribution < -0.4 is 16.0 Å². The molecule has 6 N–H and O–H groups in total. The molecule has 0 saturated heterocycles. The highest BCUT2D eigenvalue weighted by atomic mass is 31.2. The fourth-order valence-corrected chi connectivity index (χ4v) is 4.75. The Morgan fingerprint density at radius 3 is 1.62 bits per heavy atom. The average molecular weight is 750 g/mol. The summed E-state index contributed by atoms with van der Waals surface area (Å²) in [7, 11) is -9.69. The number of unbranched alkanes of at least 4 members (excludes halogenated alkanes) is 3. The van der Waals surface area contributed by atoms with Crippen LogP contribution in [0, 0.1) is 0 Å². The zero-order chi connectivity index (χ0) is 36.9. The van der Waals surface area contributed by atoms with Gasteiger partial charge in [0.15, 0.2) is 0 Å². The molecule has 4 atom stereocenters. The van der Waals surface area contributed by atoms with Crippen molar-refractivity contribution in [2.24, 2.45) is 0 Å². The molecule has 0 saturated carbocycles. The predicted octanol–water partition coefficient (Wildman–Crippen LogP) is 3.61. The number of hydrogen-bond acceptors (Lipinski definition) is 14. The third kappa shape index (κ3) is 29.0. The first kappa shape index (κ1) is 49.7. The van der Waals surface area contributed by atoms with E-state index in [2.05, 4.69) is 43.5 Å². The molecule has 0 radical (unpaired) electrons. The Bertz CT molecular complexity index is 964. The molecule has 0 fully saturated rings. The van der Waals surface area contributed by atoms with Gasteiger partial charge in [-0.05, 0) is 38.5 Å². The van der Waals surface area contributed by atoms with Crippen molar-refractivity contribution in [3.05, 3.63) is 0 Å². The van der Waals surface area contributed by atoms with E-state index in [4.69, 9.17) is 9.05 Å². The van der Waals surface area contributed by atoms with E-state index in [0.717, 1.165) is 21.3 Å². The first-order valence-corrected chi connectivity index (χ1v) is 19.2. The van der Waals surface area contributed by atoms with Gasteiger partial charge in [0.25, 0.3) is 0 Å². The Morgan fingerprint density at radius 1 is 0.638 bits per heavy atom. The summed E-state index contributed by atoms with van der Waals surface area (Å²) < 4.78 is 71.6. The molecule has 0 aromatic heterocycles. The number of carbonyl (C=O) groups is 3. The summed E-state index contributed by atoms with van der Waals surface area (Å²) in [5, 5.41) is 7.62. The van der Waals surface area contributed by atoms with Crippen LogP contribution in [0.4, 0.5) is 9.59 Å². The molecule has 0 aromatic carbocycles. The van der Waals surface area contributed by atoms with Crippen LogP contribution in [0.3, 0.4) is 0 Å². The molecular weight excluding hydrogens is 695 g/mol. The van der Waals surface area contributed by atoms with Crippen LogP contribution in [-0.4, -0.2) is 106 Å². The Labute approximate surface area is 276 Å². The monoisotopic (exact) mass is 749 g/mol. The van der Waals surface area contributed by atoms with Crippen molar-refractivity contribution >= 4 is 41.6 Å². The fourth-order valence-electron chi connectivity index (χ4n) is 2.91. The van der Waals surface area contributed by atoms with Crippen molar-refractivity contribution in [1.29, 1.82) is 0 Å². The summed E-state index contributed by atoms with van der Waals surface area (Å²) >= 11 is 0. The summed E-state index contributed by atoms with van der Waals surface area (Å²) in [6, 6.07) is -0.875. The third-order valence-corrected chi connectivity index (χ3v) is 8.08. The van der Waals surface area contributed by atoms with Crippen LogP contribution in [0.5, 0.6) is 0 Å². The number of phosphoric ester groups is 3. The summed E-state index contributed by atoms with van der Waals surface area (Å²) in [6.45, 7) is 6.57. The van der Waals surface area contributed by atoms with Crippen LogP contribution in [0.25, 0.3) is 0 Å². The lowest BCUT2D eigenvalue weighted by atomic mass is 10.1. The third-order valence-electron chi connectivity index (χ3n) is 5.13. The number of carbonyl (C=O) groups excluding carboxylic acids is 3. The van der Waals surface area contributed by atoms with Crippen molar-refractivity contribution in [3.8, 4) is 0 Å². The maximum atomic E-state index is 12.5. The molecule has 0 aliphatic rings. The summed E-state index contributed by atoms with van der Waals surface area (Å²) in [6.07, 6.45) is -0.530. The largest absolute Gasteiger partial charge is 0.472 e. The molecule has 4 unspecified atom stereocenters. The van der Waals surface area contributed by atoms with Gasteiger partial charge < -0.3 is 40.1 Å². The minimum Gasteiger partial charge on any atom is -0.453 e. The van der Waals surface area contributed by atoms with E-state index in [1.807, 2.05) is 27.7 Å². The molecule has 47 heavy (non-hydrogen) atoms. The summed E-state index contributed by atoms with van der Waals surface area (Å²) in [5.41, 5.74) is 0. The zero-order valence-corrected chi connectivity index (χ0v) is 31.0. The van der Waals surface area contributed by atoms with Gasteiger partial charge in [-0.25, -0.2) is 23.3 Å². The Hall–Kier alpha value is -1.66. The maximum absolute atomic E-state index is 12.5. The van der Waals surface area contributed by atoms with E-state index in [0.29, 0.717) is 32.2 Å². The van der Waals surface area contributed by atoms with Gasteiger partial charge >= 0.3 is 35.7 Å². The number of alkyl carbamates (subject to hydrolysis) is 2. The molecule has 0 bridgehead atoms. The molecule has 0 aromatic rings. The normalized spacial score (nSPS) is 15.7. The summed E-state index contributed by atoms with van der Waals surface area (Å²) in [4.78, 5) is 63.9. The van der Waals surface area contributed by atoms with Gasteiger partial charge in [0, 0.05) is 27.3 Å². The van der Waals surface area contributed by atoms with Gasteiger partial charge in [-0.2, -0.15) is 0 Å². The van der Waals surface area contributed by atoms with E-state index in [-0.39, 0.29) is 26.0 Å². The quantitative estimate of drug-likeness (QED) is 0.0607. The Morgan fingerprint density at radius 2 is 1.13 bits per heavy atom. The van der Waals surface area contributed by atoms with Crippen molar-refractivity contribution in [1.82, 2.24) is 16.0 Å². The van der Waals surface area contributed by atoms with Gasteiger partial charge in [-0.3, -0.25) is 31.9 Å². The molecule has 0 rings (SSSR count). The van der Waals surface area contributed by atoms with Crippen LogP contribution in [-0.2, 0) is 55.1 Å². The zero-order valence-electron chi connectivity index (χ0n) is 28.3. The minimum absolute atomic E-state index is 0.216. The smallest absolute Gasteiger partial charge is 0.453 e. The number of nitrogens with one attached hydrogen (secondary N) is 3. The SMILES string of the molecule is CC.CC.COC(=O)NCCCCC(NC(=O)OC)C(=O)NCCCCCOP(=O)(O)OC(COP(=O)(O)OC)COP(=O)(O)OC. The lowest BCUT2D eigenvalue weighted by molar-refractivity contribution is -0.123. The first-order valence-electron chi connectivity index (χ1n) is 14.8. The molecule has 282 valence electrons. The molecule has 23 heteroatoms. The number of rotatable bonds is 24. The van der Waals surface area contributed by atoms with Crippen molar-refractivity contribution < 1.29 is 79.4 Å². The summed E-state index contributed by atoms with van der Waals surface area (Å²) in [5.74, 6) is -0.451. The molecule has 0 heterocycles. The highest BCUT2D eigenvalue weighted by molar-refractivity contribution is 7.48. The molecular formula is C24H54N3O17P3. The van der Waals surface area contributed by atoms with Crippen molar-refractivity contribution in [3.63, 3.8) is 0 Å². The topological polar surface area (TPSA) is 273 Å². The number of phosphoric acid groups is 3. The highest BCUT2D eigenvalue weighted by Crippen LogP contribution is 2.48. The van der Waals surface area contributed by atoms with Crippen LogP contribution >= 0.6 is 23.5 Å². The fraction of sp³-hybridized carbons (Fsp3) is 0.875. The molecule has 20 nitrogen and oxygen atoms in total. The standard InChI is InChI=1S/C20H42N3O17P3.2C2H6/c1-33-19(25)22-12-8-6-10-17(23-20(26)34-2)18(24)21-11-7-5-9-13-37-43(31,32)40-16(14-38-41(27,28)35-3)15-39-42(29,30)36-4;2*1-2/h16-17H,5-15H2,1-4H3,(H,21,24)(H,22,25)(H,23,26)(H,27,28)(H,29,30)(H,31,32);2*1-2H3. The minimum atomic E-state index is -4.79. The second kappa shape index (κ2) is 29.3. The Balaban J connectivity index is -0.00000464. The van der Waals surface area contributed by atoms with Gasteiger partial charge in [0.1, 0.15) is 12.1 Å². The van der Waals surface area contributed by atoms with Crippen LogP contribution in [0.15, 0.2) is 0 Å². The molecule has 0 spiro atoms. The van der Waals surface area contributed by atoms with Gasteiger partial charge in [0.05, 0.1) is 34.0 Å². The van der Waals surface area contributed by atoms with Crippen LogP contribution in [0.2, 0.25) is 0 Å².